The first-order chi connectivity index (χ1) is 20.1. The van der Waals surface area contributed by atoms with E-state index in [2.05, 4.69) is 20.8 Å². The summed E-state index contributed by atoms with van der Waals surface area (Å²) in [6.45, 7) is 6.21. The SMILES string of the molecule is C[C@H](CCC(=O)OCOC(=O)CCC(CP(=O)(O)O)C(=O)O)C1CCC2C3CCC4C[C@H](O)CC[C@]4(C)C3C[C@H](O)[C@@]21C. The van der Waals surface area contributed by atoms with Gasteiger partial charge in [-0.05, 0) is 111 Å². The molecule has 4 aliphatic rings. The second-order valence-electron chi connectivity index (χ2n) is 14.5. The number of carbonyl (C=O) groups excluding carboxylic acids is 2. The molecule has 6 unspecified atom stereocenters. The summed E-state index contributed by atoms with van der Waals surface area (Å²) in [5, 5.41) is 31.1. The van der Waals surface area contributed by atoms with Gasteiger partial charge in [0.05, 0.1) is 24.3 Å². The lowest BCUT2D eigenvalue weighted by molar-refractivity contribution is -0.175. The van der Waals surface area contributed by atoms with Gasteiger partial charge in [0.2, 0.25) is 6.79 Å². The predicted molar refractivity (Wildman–Crippen MR) is 155 cm³/mol. The lowest BCUT2D eigenvalue weighted by atomic mass is 9.43. The first-order valence-electron chi connectivity index (χ1n) is 16.0. The summed E-state index contributed by atoms with van der Waals surface area (Å²) < 4.78 is 21.0. The van der Waals surface area contributed by atoms with E-state index in [1.807, 2.05) is 0 Å². The van der Waals surface area contributed by atoms with Crippen molar-refractivity contribution < 1.29 is 53.5 Å². The number of esters is 2. The molecule has 12 heteroatoms. The van der Waals surface area contributed by atoms with Gasteiger partial charge in [-0.15, -0.1) is 0 Å². The minimum atomic E-state index is -4.55. The van der Waals surface area contributed by atoms with Gasteiger partial charge in [-0.2, -0.15) is 0 Å². The van der Waals surface area contributed by atoms with Crippen LogP contribution in [0.3, 0.4) is 0 Å². The van der Waals surface area contributed by atoms with Crippen molar-refractivity contribution in [2.45, 2.75) is 110 Å². The number of carboxylic acids is 1. The number of carboxylic acid groups (broad SMARTS) is 1. The highest BCUT2D eigenvalue weighted by molar-refractivity contribution is 7.51. The molecule has 4 aliphatic carbocycles. The Morgan fingerprint density at radius 3 is 2.19 bits per heavy atom. The minimum absolute atomic E-state index is 0.142. The van der Waals surface area contributed by atoms with Crippen LogP contribution in [0.5, 0.6) is 0 Å². The van der Waals surface area contributed by atoms with Crippen LogP contribution < -0.4 is 0 Å². The first-order valence-corrected chi connectivity index (χ1v) is 17.8. The van der Waals surface area contributed by atoms with E-state index in [9.17, 15) is 29.2 Å². The molecule has 4 rings (SSSR count). The van der Waals surface area contributed by atoms with Crippen molar-refractivity contribution in [1.82, 2.24) is 0 Å². The molecule has 11 atom stereocenters. The van der Waals surface area contributed by atoms with Crippen LogP contribution in [0, 0.1) is 52.3 Å². The maximum Gasteiger partial charge on any atom is 0.326 e. The van der Waals surface area contributed by atoms with Crippen molar-refractivity contribution in [2.75, 3.05) is 13.0 Å². The molecule has 0 radical (unpaired) electrons. The highest BCUT2D eigenvalue weighted by atomic mass is 31.2. The lowest BCUT2D eigenvalue weighted by Gasteiger charge is -2.62. The van der Waals surface area contributed by atoms with Crippen molar-refractivity contribution in [2.24, 2.45) is 52.3 Å². The van der Waals surface area contributed by atoms with Gasteiger partial charge in [0.15, 0.2) is 0 Å². The number of fused-ring (bicyclic) bond motifs is 5. The molecular formula is C31H51O11P. The van der Waals surface area contributed by atoms with E-state index < -0.39 is 50.5 Å². The maximum atomic E-state index is 12.4. The van der Waals surface area contributed by atoms with Crippen LogP contribution in [0.2, 0.25) is 0 Å². The Balaban J connectivity index is 1.23. The standard InChI is InChI=1S/C31H51O11P/c1-18(4-10-27(34)41-17-42-28(35)11-5-19(29(36)37)16-43(38,39)40)23-8-9-24-22-7-6-20-14-21(32)12-13-30(20,2)25(22)15-26(33)31(23,24)3/h18-26,32-33H,4-17H2,1-3H3,(H,36,37)(H2,38,39,40)/t18-,19?,20?,21-,22?,23?,24?,25?,26+,30+,31-/m1/s1. The van der Waals surface area contributed by atoms with Crippen LogP contribution in [-0.4, -0.2) is 68.2 Å². The number of aliphatic hydroxyl groups is 2. The van der Waals surface area contributed by atoms with Crippen LogP contribution in [0.1, 0.15) is 97.8 Å². The van der Waals surface area contributed by atoms with Crippen molar-refractivity contribution in [3.05, 3.63) is 0 Å². The molecule has 0 spiro atoms. The maximum absolute atomic E-state index is 12.4. The third-order valence-electron chi connectivity index (χ3n) is 12.3. The zero-order valence-electron chi connectivity index (χ0n) is 25.7. The number of aliphatic carboxylic acids is 1. The minimum Gasteiger partial charge on any atom is -0.481 e. The van der Waals surface area contributed by atoms with Crippen LogP contribution in [0.15, 0.2) is 0 Å². The van der Waals surface area contributed by atoms with E-state index in [-0.39, 0.29) is 48.0 Å². The number of carbonyl (C=O) groups is 3. The van der Waals surface area contributed by atoms with E-state index in [4.69, 9.17) is 24.4 Å². The van der Waals surface area contributed by atoms with Gasteiger partial charge in [-0.1, -0.05) is 20.8 Å². The Labute approximate surface area is 254 Å². The fourth-order valence-corrected chi connectivity index (χ4v) is 10.8. The van der Waals surface area contributed by atoms with Gasteiger partial charge in [-0.3, -0.25) is 18.9 Å². The Morgan fingerprint density at radius 1 is 0.907 bits per heavy atom. The zero-order valence-corrected chi connectivity index (χ0v) is 26.6. The van der Waals surface area contributed by atoms with Crippen LogP contribution in [-0.2, 0) is 28.4 Å². The summed E-state index contributed by atoms with van der Waals surface area (Å²) in [5.74, 6) is -1.60. The van der Waals surface area contributed by atoms with E-state index in [1.165, 1.54) is 0 Å². The second kappa shape index (κ2) is 13.5. The summed E-state index contributed by atoms with van der Waals surface area (Å²) in [4.78, 5) is 53.5. The second-order valence-corrected chi connectivity index (χ2v) is 16.2. The summed E-state index contributed by atoms with van der Waals surface area (Å²) >= 11 is 0. The summed E-state index contributed by atoms with van der Waals surface area (Å²) in [7, 11) is -4.55. The van der Waals surface area contributed by atoms with E-state index in [1.54, 1.807) is 0 Å². The third-order valence-corrected chi connectivity index (χ3v) is 13.2. The lowest BCUT2D eigenvalue weighted by Crippen LogP contribution is -2.58. The summed E-state index contributed by atoms with van der Waals surface area (Å²) in [6.07, 6.45) is 6.60. The van der Waals surface area contributed by atoms with Crippen LogP contribution in [0.4, 0.5) is 0 Å². The smallest absolute Gasteiger partial charge is 0.326 e. The van der Waals surface area contributed by atoms with Crippen molar-refractivity contribution in [3.8, 4) is 0 Å². The number of rotatable bonds is 12. The molecule has 0 aromatic heterocycles. The monoisotopic (exact) mass is 630 g/mol. The fraction of sp³-hybridized carbons (Fsp3) is 0.903. The molecule has 246 valence electrons. The average Bonchev–Trinajstić information content (AvgIpc) is 3.28. The molecule has 0 heterocycles. The average molecular weight is 631 g/mol. The molecular weight excluding hydrogens is 579 g/mol. The van der Waals surface area contributed by atoms with Gasteiger partial charge in [0, 0.05) is 12.8 Å². The Morgan fingerprint density at radius 2 is 1.56 bits per heavy atom. The van der Waals surface area contributed by atoms with Crippen molar-refractivity contribution in [3.63, 3.8) is 0 Å². The molecule has 0 aliphatic heterocycles. The molecule has 0 aromatic rings. The summed E-state index contributed by atoms with van der Waals surface area (Å²) in [6, 6.07) is 0. The van der Waals surface area contributed by atoms with Gasteiger partial charge >= 0.3 is 25.5 Å². The molecule has 0 saturated heterocycles. The molecule has 4 saturated carbocycles. The molecule has 0 amide bonds. The predicted octanol–water partition coefficient (Wildman–Crippen LogP) is 4.10. The van der Waals surface area contributed by atoms with Crippen LogP contribution >= 0.6 is 7.60 Å². The summed E-state index contributed by atoms with van der Waals surface area (Å²) in [5.41, 5.74) is -0.0206. The highest BCUT2D eigenvalue weighted by Crippen LogP contribution is 2.68. The van der Waals surface area contributed by atoms with E-state index in [0.29, 0.717) is 30.1 Å². The Kier molecular flexibility index (Phi) is 10.7. The molecule has 0 aromatic carbocycles. The number of aliphatic hydroxyl groups excluding tert-OH is 2. The first kappa shape index (κ1) is 34.4. The van der Waals surface area contributed by atoms with E-state index >= 15 is 0 Å². The number of hydrogen-bond donors (Lipinski definition) is 5. The largest absolute Gasteiger partial charge is 0.481 e. The molecule has 4 fully saturated rings. The number of ether oxygens (including phenoxy) is 2. The fourth-order valence-electron chi connectivity index (χ4n) is 9.88. The molecule has 5 N–H and O–H groups in total. The van der Waals surface area contributed by atoms with Gasteiger partial charge < -0.3 is 34.6 Å². The topological polar surface area (TPSA) is 188 Å². The Hall–Kier alpha value is -1.52. The number of hydrogen-bond acceptors (Lipinski definition) is 8. The molecule has 11 nitrogen and oxygen atoms in total. The van der Waals surface area contributed by atoms with Crippen molar-refractivity contribution in [1.29, 1.82) is 0 Å². The normalized spacial score (nSPS) is 38.6. The van der Waals surface area contributed by atoms with Gasteiger partial charge in [0.25, 0.3) is 0 Å². The van der Waals surface area contributed by atoms with Crippen molar-refractivity contribution >= 4 is 25.5 Å². The molecule has 0 bridgehead atoms. The van der Waals surface area contributed by atoms with Gasteiger partial charge in [-0.25, -0.2) is 0 Å². The molecule has 43 heavy (non-hydrogen) atoms. The highest BCUT2D eigenvalue weighted by Gasteiger charge is 2.63. The zero-order chi connectivity index (χ0) is 31.7. The van der Waals surface area contributed by atoms with Gasteiger partial charge in [0.1, 0.15) is 0 Å². The quantitative estimate of drug-likeness (QED) is 0.119. The third kappa shape index (κ3) is 7.49. The Bertz CT molecular complexity index is 1080. The van der Waals surface area contributed by atoms with E-state index in [0.717, 1.165) is 51.4 Å². The van der Waals surface area contributed by atoms with Crippen LogP contribution in [0.25, 0.3) is 0 Å².